The lowest BCUT2D eigenvalue weighted by Crippen LogP contribution is -2.57. The van der Waals surface area contributed by atoms with Crippen LogP contribution in [-0.4, -0.2) is 11.3 Å². The number of anilines is 3. The molecular formula is C33H19BN2S2. The van der Waals surface area contributed by atoms with E-state index in [-0.39, 0.29) is 6.85 Å². The van der Waals surface area contributed by atoms with Crippen molar-refractivity contribution in [1.82, 2.24) is 4.48 Å². The van der Waals surface area contributed by atoms with Gasteiger partial charge in [0.05, 0.1) is 21.6 Å². The Labute approximate surface area is 228 Å². The van der Waals surface area contributed by atoms with E-state index >= 15 is 0 Å². The fourth-order valence-corrected chi connectivity index (χ4v) is 9.54. The Morgan fingerprint density at radius 2 is 1.50 bits per heavy atom. The highest BCUT2D eigenvalue weighted by Crippen LogP contribution is 2.54. The molecule has 0 aliphatic carbocycles. The van der Waals surface area contributed by atoms with Crippen LogP contribution in [-0.2, 0) is 0 Å². The molecule has 0 amide bonds. The van der Waals surface area contributed by atoms with Crippen molar-refractivity contribution in [3.8, 4) is 11.1 Å². The first-order valence-electron chi connectivity index (χ1n) is 13.1. The highest BCUT2D eigenvalue weighted by molar-refractivity contribution is 7.99. The van der Waals surface area contributed by atoms with Gasteiger partial charge < -0.3 is 9.38 Å². The molecule has 7 aromatic rings. The molecule has 0 unspecified atom stereocenters. The van der Waals surface area contributed by atoms with E-state index in [0.717, 1.165) is 0 Å². The molecule has 0 fully saturated rings. The van der Waals surface area contributed by atoms with Gasteiger partial charge >= 0.3 is 6.85 Å². The average Bonchev–Trinajstić information content (AvgIpc) is 3.48. The maximum Gasteiger partial charge on any atom is 0.333 e. The van der Waals surface area contributed by atoms with Crippen molar-refractivity contribution in [2.24, 2.45) is 0 Å². The molecular weight excluding hydrogens is 499 g/mol. The van der Waals surface area contributed by atoms with Gasteiger partial charge in [-0.15, -0.1) is 11.3 Å². The number of hydrogen-bond acceptors (Lipinski definition) is 3. The summed E-state index contributed by atoms with van der Waals surface area (Å²) in [5.74, 6) is 0. The van der Waals surface area contributed by atoms with Gasteiger partial charge in [-0.2, -0.15) is 0 Å². The molecule has 0 atom stereocenters. The van der Waals surface area contributed by atoms with Crippen LogP contribution in [0.25, 0.3) is 42.3 Å². The van der Waals surface area contributed by atoms with Gasteiger partial charge in [-0.25, -0.2) is 0 Å². The number of rotatable bonds is 0. The van der Waals surface area contributed by atoms with Gasteiger partial charge in [-0.05, 0) is 59.3 Å². The van der Waals surface area contributed by atoms with Gasteiger partial charge in [0.25, 0.3) is 0 Å². The van der Waals surface area contributed by atoms with Crippen LogP contribution in [0.2, 0.25) is 0 Å². The Morgan fingerprint density at radius 3 is 2.47 bits per heavy atom. The Kier molecular flexibility index (Phi) is 3.56. The van der Waals surface area contributed by atoms with E-state index in [9.17, 15) is 0 Å². The smallest absolute Gasteiger partial charge is 0.333 e. The zero-order valence-corrected chi connectivity index (χ0v) is 22.2. The maximum atomic E-state index is 2.69. The Hall–Kier alpha value is -3.93. The summed E-state index contributed by atoms with van der Waals surface area (Å²) in [6.07, 6.45) is 0. The number of hydrogen-bond donors (Lipinski definition) is 0. The van der Waals surface area contributed by atoms with Crippen molar-refractivity contribution in [3.63, 3.8) is 0 Å². The Balaban J connectivity index is 1.45. The summed E-state index contributed by atoms with van der Waals surface area (Å²) in [5, 5.41) is 2.73. The van der Waals surface area contributed by atoms with Crippen molar-refractivity contribution in [1.29, 1.82) is 0 Å². The zero-order chi connectivity index (χ0) is 24.7. The van der Waals surface area contributed by atoms with Crippen LogP contribution in [0.1, 0.15) is 5.56 Å². The molecule has 0 N–H and O–H groups in total. The van der Waals surface area contributed by atoms with E-state index < -0.39 is 0 Å². The third-order valence-corrected chi connectivity index (χ3v) is 10.9. The maximum absolute atomic E-state index is 2.69. The summed E-state index contributed by atoms with van der Waals surface area (Å²) in [7, 11) is 0. The van der Waals surface area contributed by atoms with Gasteiger partial charge in [0.1, 0.15) is 0 Å². The summed E-state index contributed by atoms with van der Waals surface area (Å²) in [5.41, 5.74) is 13.6. The van der Waals surface area contributed by atoms with Crippen molar-refractivity contribution in [2.45, 2.75) is 16.7 Å². The molecule has 38 heavy (non-hydrogen) atoms. The number of benzene rings is 5. The fraction of sp³-hybridized carbons (Fsp3) is 0.0303. The van der Waals surface area contributed by atoms with E-state index in [1.54, 1.807) is 0 Å². The average molecular weight is 518 g/mol. The van der Waals surface area contributed by atoms with Crippen LogP contribution >= 0.6 is 23.1 Å². The van der Waals surface area contributed by atoms with E-state index in [4.69, 9.17) is 0 Å². The molecule has 10 rings (SSSR count). The minimum atomic E-state index is 0.130. The first-order valence-corrected chi connectivity index (χ1v) is 14.7. The predicted molar refractivity (Wildman–Crippen MR) is 164 cm³/mol. The number of aryl methyl sites for hydroxylation is 1. The lowest BCUT2D eigenvalue weighted by Gasteiger charge is -2.43. The van der Waals surface area contributed by atoms with Crippen molar-refractivity contribution < 1.29 is 0 Å². The van der Waals surface area contributed by atoms with Crippen LogP contribution in [0.15, 0.2) is 107 Å². The monoisotopic (exact) mass is 518 g/mol. The second-order valence-corrected chi connectivity index (χ2v) is 12.7. The number of fused-ring (bicyclic) bond motifs is 11. The fourth-order valence-electron chi connectivity index (χ4n) is 7.22. The second-order valence-electron chi connectivity index (χ2n) is 10.6. The molecule has 0 saturated heterocycles. The SMILES string of the molecule is Cc1cc2c3c(c1)N1c4ccccc4Sc4cccc(c41)B3n1c3c-2cccc3c2sc3ccccc3c21. The number of nitrogens with zero attached hydrogens (tertiary/aromatic N) is 2. The molecule has 0 saturated carbocycles. The number of para-hydroxylation sites is 3. The molecule has 5 heterocycles. The molecule has 0 bridgehead atoms. The molecule has 176 valence electrons. The summed E-state index contributed by atoms with van der Waals surface area (Å²) in [4.78, 5) is 5.20. The molecule has 0 spiro atoms. The summed E-state index contributed by atoms with van der Waals surface area (Å²) in [6, 6.07) is 36.5. The highest BCUT2D eigenvalue weighted by Gasteiger charge is 2.45. The third kappa shape index (κ3) is 2.22. The first-order chi connectivity index (χ1) is 18.8. The molecule has 5 aromatic carbocycles. The lowest BCUT2D eigenvalue weighted by molar-refractivity contribution is 1.16. The van der Waals surface area contributed by atoms with Crippen molar-refractivity contribution in [2.75, 3.05) is 4.90 Å². The molecule has 5 heteroatoms. The van der Waals surface area contributed by atoms with Gasteiger partial charge in [0.15, 0.2) is 0 Å². The van der Waals surface area contributed by atoms with E-state index in [2.05, 4.69) is 113 Å². The Bertz CT molecular complexity index is 2210. The third-order valence-electron chi connectivity index (χ3n) is 8.57. The quantitative estimate of drug-likeness (QED) is 0.187. The summed E-state index contributed by atoms with van der Waals surface area (Å²) >= 11 is 3.84. The van der Waals surface area contributed by atoms with Gasteiger partial charge in [0.2, 0.25) is 0 Å². The lowest BCUT2D eigenvalue weighted by atomic mass is 9.45. The number of thiophene rings is 1. The molecule has 0 radical (unpaired) electrons. The molecule has 3 aliphatic rings. The van der Waals surface area contributed by atoms with Crippen LogP contribution < -0.4 is 15.8 Å². The zero-order valence-electron chi connectivity index (χ0n) is 20.5. The van der Waals surface area contributed by atoms with Crippen LogP contribution in [0, 0.1) is 6.92 Å². The molecule has 2 aromatic heterocycles. The minimum absolute atomic E-state index is 0.130. The second kappa shape index (κ2) is 6.74. The van der Waals surface area contributed by atoms with Gasteiger partial charge in [-0.1, -0.05) is 78.5 Å². The van der Waals surface area contributed by atoms with Crippen molar-refractivity contribution >= 4 is 89.1 Å². The molecule has 3 aliphatic heterocycles. The summed E-state index contributed by atoms with van der Waals surface area (Å²) < 4.78 is 5.46. The normalized spacial score (nSPS) is 14.2. The highest BCUT2D eigenvalue weighted by atomic mass is 32.2. The first kappa shape index (κ1) is 20.1. The van der Waals surface area contributed by atoms with E-state index in [1.165, 1.54) is 85.7 Å². The standard InChI is InChI=1S/C33H19BN2S2/c1-18-16-22-19-9-6-10-21-30(19)36(31-20-8-2-4-13-26(20)38-33(21)31)34-23-11-7-15-28-32(23)35(25(17-18)29(22)34)24-12-3-5-14-27(24)37-28/h2-17H,1H3. The molecule has 2 nitrogen and oxygen atoms in total. The largest absolute Gasteiger partial charge is 0.374 e. The van der Waals surface area contributed by atoms with Crippen molar-refractivity contribution in [3.05, 3.63) is 103 Å². The summed E-state index contributed by atoms with van der Waals surface area (Å²) in [6.45, 7) is 2.38. The van der Waals surface area contributed by atoms with Crippen LogP contribution in [0.4, 0.5) is 17.1 Å². The van der Waals surface area contributed by atoms with Gasteiger partial charge in [-0.3, -0.25) is 0 Å². The number of aromatic nitrogens is 1. The minimum Gasteiger partial charge on any atom is -0.374 e. The topological polar surface area (TPSA) is 8.17 Å². The Morgan fingerprint density at radius 1 is 0.684 bits per heavy atom. The van der Waals surface area contributed by atoms with Crippen LogP contribution in [0.3, 0.4) is 0 Å². The van der Waals surface area contributed by atoms with E-state index in [0.29, 0.717) is 0 Å². The van der Waals surface area contributed by atoms with E-state index in [1.807, 2.05) is 23.1 Å². The van der Waals surface area contributed by atoms with Gasteiger partial charge in [0, 0.05) is 42.0 Å². The predicted octanol–water partition coefficient (Wildman–Crippen LogP) is 8.20. The van der Waals surface area contributed by atoms with Crippen LogP contribution in [0.5, 0.6) is 0 Å².